The fourth-order valence-electron chi connectivity index (χ4n) is 4.77. The minimum Gasteiger partial charge on any atom is -0.448 e. The second kappa shape index (κ2) is 12.4. The molecule has 3 amide bonds. The average molecular weight is 548 g/mol. The zero-order valence-electron chi connectivity index (χ0n) is 21.7. The van der Waals surface area contributed by atoms with E-state index in [4.69, 9.17) is 4.74 Å². The van der Waals surface area contributed by atoms with Gasteiger partial charge in [0.15, 0.2) is 0 Å². The van der Waals surface area contributed by atoms with E-state index in [-0.39, 0.29) is 37.2 Å². The van der Waals surface area contributed by atoms with E-state index in [1.165, 1.54) is 24.2 Å². The Morgan fingerprint density at radius 2 is 1.97 bits per heavy atom. The molecule has 1 aliphatic carbocycles. The van der Waals surface area contributed by atoms with Gasteiger partial charge in [-0.05, 0) is 48.6 Å². The number of anilines is 1. The molecule has 2 heterocycles. The van der Waals surface area contributed by atoms with Gasteiger partial charge in [0.25, 0.3) is 0 Å². The number of halogens is 3. The van der Waals surface area contributed by atoms with Gasteiger partial charge in [-0.1, -0.05) is 18.6 Å². The summed E-state index contributed by atoms with van der Waals surface area (Å²) in [5, 5.41) is 5.41. The van der Waals surface area contributed by atoms with Crippen LogP contribution in [0.2, 0.25) is 0 Å². The van der Waals surface area contributed by atoms with Gasteiger partial charge in [-0.25, -0.2) is 4.79 Å². The minimum atomic E-state index is -4.63. The summed E-state index contributed by atoms with van der Waals surface area (Å²) in [7, 11) is 1.38. The summed E-state index contributed by atoms with van der Waals surface area (Å²) in [5.41, 5.74) is 1.53. The summed E-state index contributed by atoms with van der Waals surface area (Å²) in [6.45, 7) is 0.195. The molecule has 2 aliphatic rings. The Labute approximate surface area is 224 Å². The zero-order chi connectivity index (χ0) is 28.0. The quantitative estimate of drug-likeness (QED) is 0.498. The van der Waals surface area contributed by atoms with E-state index in [2.05, 4.69) is 15.6 Å². The van der Waals surface area contributed by atoms with Crippen LogP contribution in [-0.4, -0.2) is 66.0 Å². The van der Waals surface area contributed by atoms with E-state index >= 15 is 0 Å². The number of nitrogens with one attached hydrogen (secondary N) is 2. The molecule has 9 nitrogen and oxygen atoms in total. The van der Waals surface area contributed by atoms with Crippen LogP contribution < -0.4 is 10.6 Å². The third-order valence-electron chi connectivity index (χ3n) is 7.15. The van der Waals surface area contributed by atoms with Crippen LogP contribution in [0, 0.1) is 5.92 Å². The third kappa shape index (κ3) is 6.98. The van der Waals surface area contributed by atoms with Crippen molar-refractivity contribution in [3.8, 4) is 0 Å². The van der Waals surface area contributed by atoms with E-state index in [0.29, 0.717) is 19.5 Å². The lowest BCUT2D eigenvalue weighted by Gasteiger charge is -2.35. The molecule has 12 heteroatoms. The highest BCUT2D eigenvalue weighted by atomic mass is 19.4. The van der Waals surface area contributed by atoms with Crippen LogP contribution in [0.5, 0.6) is 0 Å². The van der Waals surface area contributed by atoms with E-state index in [9.17, 15) is 27.6 Å². The van der Waals surface area contributed by atoms with Crippen LogP contribution in [0.15, 0.2) is 36.5 Å². The number of alkyl carbamates (subject to hydrolysis) is 1. The van der Waals surface area contributed by atoms with E-state index in [1.54, 1.807) is 0 Å². The first-order valence-corrected chi connectivity index (χ1v) is 12.9. The van der Waals surface area contributed by atoms with Gasteiger partial charge in [-0.2, -0.15) is 13.2 Å². The number of amides is 3. The molecule has 0 bridgehead atoms. The molecule has 4 rings (SSSR count). The molecule has 0 spiro atoms. The van der Waals surface area contributed by atoms with Gasteiger partial charge in [0.1, 0.15) is 6.61 Å². The summed E-state index contributed by atoms with van der Waals surface area (Å²) in [5.74, 6) is -0.159. The van der Waals surface area contributed by atoms with Crippen molar-refractivity contribution in [2.75, 3.05) is 38.6 Å². The van der Waals surface area contributed by atoms with Gasteiger partial charge < -0.3 is 25.2 Å². The maximum Gasteiger partial charge on any atom is 0.418 e. The number of alkyl halides is 3. The Hall–Kier alpha value is -3.83. The maximum absolute atomic E-state index is 13.5. The number of aromatic nitrogens is 1. The molecular formula is C27H32F3N5O4. The first-order valence-electron chi connectivity index (χ1n) is 12.9. The molecule has 2 N–H and O–H groups in total. The van der Waals surface area contributed by atoms with Crippen molar-refractivity contribution in [1.82, 2.24) is 20.1 Å². The van der Waals surface area contributed by atoms with Crippen LogP contribution in [-0.2, 0) is 40.0 Å². The van der Waals surface area contributed by atoms with Crippen LogP contribution in [0.1, 0.15) is 41.6 Å². The number of ether oxygens (including phenoxy) is 1. The summed E-state index contributed by atoms with van der Waals surface area (Å²) in [6, 6.07) is 7.76. The van der Waals surface area contributed by atoms with Crippen molar-refractivity contribution in [2.45, 2.75) is 44.9 Å². The molecule has 2 aromatic rings. The second-order valence-corrected chi connectivity index (χ2v) is 9.63. The summed E-state index contributed by atoms with van der Waals surface area (Å²) in [4.78, 5) is 44.3. The molecular weight excluding hydrogens is 515 g/mol. The number of fused-ring (bicyclic) bond motifs is 1. The Morgan fingerprint density at radius 3 is 2.67 bits per heavy atom. The molecule has 0 radical (unpaired) electrons. The lowest BCUT2D eigenvalue weighted by molar-refractivity contribution is -0.140. The first-order chi connectivity index (χ1) is 18.7. The molecule has 1 fully saturated rings. The topological polar surface area (TPSA) is 104 Å². The van der Waals surface area contributed by atoms with Crippen molar-refractivity contribution in [2.24, 2.45) is 5.92 Å². The molecule has 1 saturated carbocycles. The van der Waals surface area contributed by atoms with Gasteiger partial charge >= 0.3 is 12.3 Å². The molecule has 0 saturated heterocycles. The Kier molecular flexibility index (Phi) is 8.93. The largest absolute Gasteiger partial charge is 0.448 e. The molecule has 1 aromatic carbocycles. The number of rotatable bonds is 9. The van der Waals surface area contributed by atoms with Gasteiger partial charge in [0.2, 0.25) is 11.8 Å². The lowest BCUT2D eigenvalue weighted by atomic mass is 9.83. The van der Waals surface area contributed by atoms with Crippen molar-refractivity contribution in [3.05, 3.63) is 58.9 Å². The van der Waals surface area contributed by atoms with Gasteiger partial charge in [0.05, 0.1) is 30.9 Å². The monoisotopic (exact) mass is 547 g/mol. The molecule has 1 aliphatic heterocycles. The standard InChI is InChI=1S/C27H32F3N5O4/c1-31-26(38)39-14-13-34(17-23-21(27(28,29)30)8-4-11-32-23)24(36)15-33-22-9-3-7-19-16-35(12-10-20(19)22)25(37)18-5-2-6-18/h3-4,7-9,11,18,33H,2,5-6,10,12-17H2,1H3,(H,31,38). The number of nitrogens with zero attached hydrogens (tertiary/aromatic N) is 3. The maximum atomic E-state index is 13.5. The second-order valence-electron chi connectivity index (χ2n) is 9.63. The van der Waals surface area contributed by atoms with Crippen LogP contribution in [0.25, 0.3) is 0 Å². The number of pyridine rings is 1. The van der Waals surface area contributed by atoms with Crippen molar-refractivity contribution < 1.29 is 32.3 Å². The Bertz CT molecular complexity index is 1200. The van der Waals surface area contributed by atoms with Crippen LogP contribution in [0.4, 0.5) is 23.7 Å². The predicted octanol–water partition coefficient (Wildman–Crippen LogP) is 3.58. The SMILES string of the molecule is CNC(=O)OCCN(Cc1ncccc1C(F)(F)F)C(=O)CNc1cccc2c1CCN(C(=O)C1CCC1)C2. The molecule has 39 heavy (non-hydrogen) atoms. The Balaban J connectivity index is 1.44. The molecule has 0 atom stereocenters. The van der Waals surface area contributed by atoms with Crippen LogP contribution >= 0.6 is 0 Å². The fraction of sp³-hybridized carbons (Fsp3) is 0.481. The number of hydrogen-bond acceptors (Lipinski definition) is 6. The predicted molar refractivity (Wildman–Crippen MR) is 136 cm³/mol. The highest BCUT2D eigenvalue weighted by Crippen LogP contribution is 2.33. The molecule has 1 aromatic heterocycles. The first kappa shape index (κ1) is 28.2. The minimum absolute atomic E-state index is 0.118. The number of benzene rings is 1. The smallest absolute Gasteiger partial charge is 0.418 e. The fourth-order valence-corrected chi connectivity index (χ4v) is 4.77. The summed E-state index contributed by atoms with van der Waals surface area (Å²) in [6.07, 6.45) is -0.490. The number of carbonyl (C=O) groups is 3. The third-order valence-corrected chi connectivity index (χ3v) is 7.15. The average Bonchev–Trinajstić information content (AvgIpc) is 2.89. The summed E-state index contributed by atoms with van der Waals surface area (Å²) < 4.78 is 45.5. The van der Waals surface area contributed by atoms with Gasteiger partial charge in [-0.3, -0.25) is 14.6 Å². The lowest BCUT2D eigenvalue weighted by Crippen LogP contribution is -2.42. The number of hydrogen-bond donors (Lipinski definition) is 2. The van der Waals surface area contributed by atoms with Crippen LogP contribution in [0.3, 0.4) is 0 Å². The Morgan fingerprint density at radius 1 is 1.18 bits per heavy atom. The molecule has 210 valence electrons. The van der Waals surface area contributed by atoms with E-state index < -0.39 is 30.3 Å². The normalized spacial score (nSPS) is 15.1. The van der Waals surface area contributed by atoms with Crippen molar-refractivity contribution in [3.63, 3.8) is 0 Å². The van der Waals surface area contributed by atoms with Crippen molar-refractivity contribution in [1.29, 1.82) is 0 Å². The van der Waals surface area contributed by atoms with Gasteiger partial charge in [0, 0.05) is 37.9 Å². The molecule has 0 unspecified atom stereocenters. The summed E-state index contributed by atoms with van der Waals surface area (Å²) >= 11 is 0. The van der Waals surface area contributed by atoms with E-state index in [1.807, 2.05) is 23.1 Å². The number of carbonyl (C=O) groups excluding carboxylic acids is 3. The van der Waals surface area contributed by atoms with Gasteiger partial charge in [-0.15, -0.1) is 0 Å². The zero-order valence-corrected chi connectivity index (χ0v) is 21.7. The van der Waals surface area contributed by atoms with Crippen molar-refractivity contribution >= 4 is 23.6 Å². The highest BCUT2D eigenvalue weighted by Gasteiger charge is 2.35. The van der Waals surface area contributed by atoms with E-state index in [0.717, 1.165) is 42.1 Å². The highest BCUT2D eigenvalue weighted by molar-refractivity contribution is 5.82.